The molecule has 1 heterocycles. The van der Waals surface area contributed by atoms with Gasteiger partial charge in [0.2, 0.25) is 5.91 Å². The van der Waals surface area contributed by atoms with E-state index in [2.05, 4.69) is 22.3 Å². The summed E-state index contributed by atoms with van der Waals surface area (Å²) < 4.78 is 0. The Morgan fingerprint density at radius 2 is 1.58 bits per heavy atom. The molecular formula is C18H25N3O3. The molecule has 0 unspecified atom stereocenters. The van der Waals surface area contributed by atoms with Crippen molar-refractivity contribution in [1.82, 2.24) is 10.2 Å². The summed E-state index contributed by atoms with van der Waals surface area (Å²) in [6.07, 6.45) is 2.98. The number of benzene rings is 1. The van der Waals surface area contributed by atoms with Gasteiger partial charge in [0.1, 0.15) is 5.54 Å². The first-order valence-electron chi connectivity index (χ1n) is 8.71. The number of carbonyl (C=O) groups is 2. The molecule has 1 saturated carbocycles. The molecule has 130 valence electrons. The normalized spacial score (nSPS) is 20.5. The van der Waals surface area contributed by atoms with Crippen LogP contribution in [0.3, 0.4) is 0 Å². The predicted octanol–water partition coefficient (Wildman–Crippen LogP) is 2.31. The molecule has 1 aliphatic carbocycles. The van der Waals surface area contributed by atoms with E-state index in [4.69, 9.17) is 0 Å². The molecular weight excluding hydrogens is 306 g/mol. The summed E-state index contributed by atoms with van der Waals surface area (Å²) in [5.74, 6) is -0.0442. The monoisotopic (exact) mass is 331 g/mol. The van der Waals surface area contributed by atoms with Crippen LogP contribution in [0.15, 0.2) is 30.3 Å². The molecule has 6 nitrogen and oxygen atoms in total. The maximum absolute atomic E-state index is 13.0. The Hall–Kier alpha value is -2.24. The number of amides is 2. The van der Waals surface area contributed by atoms with Crippen molar-refractivity contribution in [3.05, 3.63) is 30.3 Å². The number of hydrogen-bond donors (Lipinski definition) is 2. The Kier molecular flexibility index (Phi) is 4.92. The molecule has 0 radical (unpaired) electrons. The number of nitrogens with one attached hydrogen (secondary N) is 1. The van der Waals surface area contributed by atoms with Crippen molar-refractivity contribution in [2.45, 2.75) is 37.6 Å². The minimum Gasteiger partial charge on any atom is -0.465 e. The minimum atomic E-state index is -1.10. The summed E-state index contributed by atoms with van der Waals surface area (Å²) in [5.41, 5.74) is 0.250. The molecule has 1 saturated heterocycles. The minimum absolute atomic E-state index is 0.0442. The van der Waals surface area contributed by atoms with Gasteiger partial charge in [0, 0.05) is 31.9 Å². The zero-order chi connectivity index (χ0) is 17.0. The first kappa shape index (κ1) is 16.6. The van der Waals surface area contributed by atoms with Crippen LogP contribution in [0, 0.1) is 0 Å². The Bertz CT molecular complexity index is 576. The maximum Gasteiger partial charge on any atom is 0.405 e. The van der Waals surface area contributed by atoms with Crippen LogP contribution in [0.25, 0.3) is 0 Å². The largest absolute Gasteiger partial charge is 0.465 e. The van der Waals surface area contributed by atoms with E-state index in [1.807, 2.05) is 23.1 Å². The molecule has 0 bridgehead atoms. The van der Waals surface area contributed by atoms with Crippen LogP contribution in [0.5, 0.6) is 0 Å². The highest BCUT2D eigenvalue weighted by atomic mass is 16.4. The molecule has 3 rings (SSSR count). The summed E-state index contributed by atoms with van der Waals surface area (Å²) in [6.45, 7) is 2.82. The van der Waals surface area contributed by atoms with Gasteiger partial charge < -0.3 is 20.2 Å². The summed E-state index contributed by atoms with van der Waals surface area (Å²) in [7, 11) is 0. The number of hydrogen-bond acceptors (Lipinski definition) is 3. The maximum atomic E-state index is 13.0. The summed E-state index contributed by atoms with van der Waals surface area (Å²) >= 11 is 0. The molecule has 1 aromatic carbocycles. The van der Waals surface area contributed by atoms with Crippen LogP contribution in [-0.2, 0) is 4.79 Å². The summed E-state index contributed by atoms with van der Waals surface area (Å²) in [5, 5.41) is 11.7. The number of piperazine rings is 1. The van der Waals surface area contributed by atoms with Crippen LogP contribution in [-0.4, -0.2) is 53.7 Å². The zero-order valence-corrected chi connectivity index (χ0v) is 13.9. The lowest BCUT2D eigenvalue weighted by Gasteiger charge is -2.43. The van der Waals surface area contributed by atoms with Crippen LogP contribution in [0.1, 0.15) is 32.1 Å². The van der Waals surface area contributed by atoms with Gasteiger partial charge in [-0.1, -0.05) is 37.5 Å². The quantitative estimate of drug-likeness (QED) is 0.891. The van der Waals surface area contributed by atoms with Crippen LogP contribution < -0.4 is 10.2 Å². The molecule has 1 aliphatic heterocycles. The fraction of sp³-hybridized carbons (Fsp3) is 0.556. The number of para-hydroxylation sites is 1. The van der Waals surface area contributed by atoms with E-state index in [0.717, 1.165) is 32.4 Å². The molecule has 24 heavy (non-hydrogen) atoms. The van der Waals surface area contributed by atoms with E-state index in [9.17, 15) is 14.7 Å². The van der Waals surface area contributed by atoms with Gasteiger partial charge in [0.05, 0.1) is 0 Å². The second kappa shape index (κ2) is 7.11. The van der Waals surface area contributed by atoms with Gasteiger partial charge in [-0.15, -0.1) is 0 Å². The second-order valence-electron chi connectivity index (χ2n) is 6.69. The van der Waals surface area contributed by atoms with Gasteiger partial charge in [-0.2, -0.15) is 0 Å². The molecule has 2 fully saturated rings. The number of carbonyl (C=O) groups excluding carboxylic acids is 1. The lowest BCUT2D eigenvalue weighted by Crippen LogP contribution is -2.63. The highest BCUT2D eigenvalue weighted by Crippen LogP contribution is 2.30. The third-order valence-corrected chi connectivity index (χ3v) is 5.15. The van der Waals surface area contributed by atoms with Crippen LogP contribution in [0.2, 0.25) is 0 Å². The Morgan fingerprint density at radius 3 is 2.17 bits per heavy atom. The predicted molar refractivity (Wildman–Crippen MR) is 92.2 cm³/mol. The van der Waals surface area contributed by atoms with E-state index in [0.29, 0.717) is 25.9 Å². The Balaban J connectivity index is 1.66. The van der Waals surface area contributed by atoms with Crippen molar-refractivity contribution in [1.29, 1.82) is 0 Å². The first-order valence-corrected chi connectivity index (χ1v) is 8.71. The van der Waals surface area contributed by atoms with Crippen molar-refractivity contribution < 1.29 is 14.7 Å². The highest BCUT2D eigenvalue weighted by molar-refractivity contribution is 5.90. The lowest BCUT2D eigenvalue weighted by atomic mass is 9.80. The summed E-state index contributed by atoms with van der Waals surface area (Å²) in [6, 6.07) is 10.2. The van der Waals surface area contributed by atoms with E-state index >= 15 is 0 Å². The molecule has 0 aromatic heterocycles. The number of rotatable bonds is 3. The third kappa shape index (κ3) is 3.47. The molecule has 1 aromatic rings. The first-order chi connectivity index (χ1) is 11.6. The topological polar surface area (TPSA) is 72.9 Å². The number of anilines is 1. The van der Waals surface area contributed by atoms with E-state index < -0.39 is 11.6 Å². The lowest BCUT2D eigenvalue weighted by molar-refractivity contribution is -0.140. The number of carboxylic acid groups (broad SMARTS) is 1. The molecule has 2 aliphatic rings. The average Bonchev–Trinajstić information content (AvgIpc) is 2.62. The van der Waals surface area contributed by atoms with Crippen LogP contribution >= 0.6 is 0 Å². The van der Waals surface area contributed by atoms with Gasteiger partial charge in [0.15, 0.2) is 0 Å². The van der Waals surface area contributed by atoms with Gasteiger partial charge in [0.25, 0.3) is 0 Å². The van der Waals surface area contributed by atoms with Gasteiger partial charge in [-0.3, -0.25) is 4.79 Å². The molecule has 2 N–H and O–H groups in total. The highest BCUT2D eigenvalue weighted by Gasteiger charge is 2.43. The third-order valence-electron chi connectivity index (χ3n) is 5.15. The van der Waals surface area contributed by atoms with Crippen molar-refractivity contribution in [2.24, 2.45) is 0 Å². The molecule has 0 spiro atoms. The van der Waals surface area contributed by atoms with Gasteiger partial charge in [-0.25, -0.2) is 4.79 Å². The molecule has 2 amide bonds. The fourth-order valence-corrected chi connectivity index (χ4v) is 3.86. The van der Waals surface area contributed by atoms with E-state index in [-0.39, 0.29) is 5.91 Å². The van der Waals surface area contributed by atoms with Crippen molar-refractivity contribution in [3.8, 4) is 0 Å². The standard InChI is InChI=1S/C18H25N3O3/c22-16(18(19-17(23)24)9-5-2-6-10-18)21-13-11-20(12-14-21)15-7-3-1-4-8-15/h1,3-4,7-8,19H,2,5-6,9-14H2,(H,23,24). The zero-order valence-electron chi connectivity index (χ0n) is 13.9. The van der Waals surface area contributed by atoms with Crippen molar-refractivity contribution in [2.75, 3.05) is 31.1 Å². The SMILES string of the molecule is O=C(O)NC1(C(=O)N2CCN(c3ccccc3)CC2)CCCCC1. The summed E-state index contributed by atoms with van der Waals surface area (Å²) in [4.78, 5) is 28.3. The van der Waals surface area contributed by atoms with E-state index in [1.54, 1.807) is 0 Å². The fourth-order valence-electron chi connectivity index (χ4n) is 3.86. The second-order valence-corrected chi connectivity index (χ2v) is 6.69. The molecule has 0 atom stereocenters. The average molecular weight is 331 g/mol. The van der Waals surface area contributed by atoms with E-state index in [1.165, 1.54) is 5.69 Å². The van der Waals surface area contributed by atoms with Crippen molar-refractivity contribution in [3.63, 3.8) is 0 Å². The van der Waals surface area contributed by atoms with Gasteiger partial charge in [-0.05, 0) is 25.0 Å². The molecule has 6 heteroatoms. The Morgan fingerprint density at radius 1 is 0.958 bits per heavy atom. The van der Waals surface area contributed by atoms with Crippen molar-refractivity contribution >= 4 is 17.7 Å². The van der Waals surface area contributed by atoms with Crippen LogP contribution in [0.4, 0.5) is 10.5 Å². The van der Waals surface area contributed by atoms with Gasteiger partial charge >= 0.3 is 6.09 Å². The Labute approximate surface area is 142 Å². The smallest absolute Gasteiger partial charge is 0.405 e. The number of nitrogens with zero attached hydrogens (tertiary/aromatic N) is 2.